The summed E-state index contributed by atoms with van der Waals surface area (Å²) in [5.41, 5.74) is 18.9. The van der Waals surface area contributed by atoms with Crippen LogP contribution in [0.3, 0.4) is 0 Å². The summed E-state index contributed by atoms with van der Waals surface area (Å²) in [6.07, 6.45) is 4.40. The fourth-order valence-corrected chi connectivity index (χ4v) is 4.10. The van der Waals surface area contributed by atoms with E-state index in [4.69, 9.17) is 15.9 Å². The van der Waals surface area contributed by atoms with E-state index in [2.05, 4.69) is 41.4 Å². The number of nitrogens with two attached hydrogens (primary N) is 2. The lowest BCUT2D eigenvalue weighted by atomic mass is 10.1. The smallest absolute Gasteiger partial charge is 0.307 e. The van der Waals surface area contributed by atoms with Gasteiger partial charge in [-0.05, 0) is 43.2 Å². The lowest BCUT2D eigenvalue weighted by Gasteiger charge is -2.17. The Hall–Kier alpha value is -4.64. The van der Waals surface area contributed by atoms with Gasteiger partial charge in [0.2, 0.25) is 0 Å². The van der Waals surface area contributed by atoms with Crippen LogP contribution in [0.5, 0.6) is 0 Å². The number of nitrogens with one attached hydrogen (secondary N) is 1. The molecule has 34 heavy (non-hydrogen) atoms. The van der Waals surface area contributed by atoms with Gasteiger partial charge in [0.1, 0.15) is 23.4 Å². The number of aryl methyl sites for hydroxylation is 2. The molecule has 1 aliphatic heterocycles. The predicted molar refractivity (Wildman–Crippen MR) is 131 cm³/mol. The van der Waals surface area contributed by atoms with E-state index in [0.29, 0.717) is 28.6 Å². The highest BCUT2D eigenvalue weighted by Crippen LogP contribution is 2.34. The maximum Gasteiger partial charge on any atom is 0.307 e. The number of nitrogens with zero attached hydrogens (tertiary/aromatic N) is 7. The topological polar surface area (TPSA) is 158 Å². The summed E-state index contributed by atoms with van der Waals surface area (Å²) in [4.78, 5) is 21.4. The molecular formula is C23H20N10O. The summed E-state index contributed by atoms with van der Waals surface area (Å²) in [5.74, 6) is -1.12. The van der Waals surface area contributed by atoms with Crippen molar-refractivity contribution >= 4 is 52.1 Å². The van der Waals surface area contributed by atoms with Crippen LogP contribution in [0.25, 0.3) is 33.4 Å². The fraction of sp³-hybridized carbons (Fsp3) is 0.130. The second-order valence-electron chi connectivity index (χ2n) is 8.11. The van der Waals surface area contributed by atoms with Crippen LogP contribution >= 0.6 is 0 Å². The number of aromatic nitrogens is 5. The number of nitrogen functional groups attached to an aromatic ring is 1. The number of fused-ring (bicyclic) bond motifs is 2. The number of anilines is 3. The minimum Gasteiger partial charge on any atom is -0.423 e. The third-order valence-corrected chi connectivity index (χ3v) is 5.63. The average molecular weight is 452 g/mol. The summed E-state index contributed by atoms with van der Waals surface area (Å²) in [6.45, 7) is 4.04. The average Bonchev–Trinajstić information content (AvgIpc) is 3.52. The molecule has 0 atom stereocenters. The first-order valence-corrected chi connectivity index (χ1v) is 10.5. The van der Waals surface area contributed by atoms with E-state index in [-0.39, 0.29) is 0 Å². The van der Waals surface area contributed by atoms with Gasteiger partial charge in [0.15, 0.2) is 11.2 Å². The van der Waals surface area contributed by atoms with E-state index < -0.39 is 5.91 Å². The van der Waals surface area contributed by atoms with Crippen molar-refractivity contribution in [3.8, 4) is 11.3 Å². The maximum absolute atomic E-state index is 6.33. The molecule has 0 fully saturated rings. The monoisotopic (exact) mass is 452 g/mol. The lowest BCUT2D eigenvalue weighted by molar-refractivity contribution is 0.314. The minimum absolute atomic E-state index is 0.292. The Bertz CT molecular complexity index is 1620. The van der Waals surface area contributed by atoms with Gasteiger partial charge in [-0.25, -0.2) is 20.0 Å². The third-order valence-electron chi connectivity index (χ3n) is 5.63. The number of hydrogen-bond donors (Lipinski definition) is 3. The quantitative estimate of drug-likeness (QED) is 0.375. The van der Waals surface area contributed by atoms with E-state index in [1.165, 1.54) is 23.4 Å². The van der Waals surface area contributed by atoms with Crippen molar-refractivity contribution in [2.75, 3.05) is 11.1 Å². The molecule has 0 radical (unpaired) electrons. The Morgan fingerprint density at radius 3 is 2.56 bits per heavy atom. The predicted octanol–water partition coefficient (Wildman–Crippen LogP) is 3.26. The van der Waals surface area contributed by atoms with Crippen molar-refractivity contribution in [2.24, 2.45) is 15.7 Å². The van der Waals surface area contributed by atoms with Crippen LogP contribution in [-0.2, 0) is 5.91 Å². The van der Waals surface area contributed by atoms with Crippen molar-refractivity contribution in [3.63, 3.8) is 0 Å². The zero-order chi connectivity index (χ0) is 23.4. The summed E-state index contributed by atoms with van der Waals surface area (Å²) in [6, 6.07) is 12.1. The number of oxazole rings is 1. The molecule has 4 heterocycles. The van der Waals surface area contributed by atoms with Gasteiger partial charge in [-0.3, -0.25) is 5.73 Å². The number of aliphatic imine (C=N–C) groups is 2. The molecule has 0 saturated carbocycles. The second-order valence-corrected chi connectivity index (χ2v) is 8.11. The SMILES string of the molecule is Cc1cc(C)c2oc(Nc3ccc(-c4nn(C5(N)N=CC=N5)c5ncnc(N)c45)cc3)nc2c1. The number of hydrogen-bond acceptors (Lipinski definition) is 10. The molecule has 5 N–H and O–H groups in total. The molecule has 11 heteroatoms. The molecule has 168 valence electrons. The Morgan fingerprint density at radius 2 is 1.79 bits per heavy atom. The first-order valence-electron chi connectivity index (χ1n) is 10.5. The maximum atomic E-state index is 6.33. The minimum atomic E-state index is -1.41. The normalized spacial score (nSPS) is 14.4. The van der Waals surface area contributed by atoms with Gasteiger partial charge in [-0.1, -0.05) is 18.2 Å². The molecule has 2 aromatic carbocycles. The summed E-state index contributed by atoms with van der Waals surface area (Å²) in [5, 5.41) is 8.46. The number of rotatable bonds is 4. The van der Waals surface area contributed by atoms with E-state index in [9.17, 15) is 0 Å². The summed E-state index contributed by atoms with van der Waals surface area (Å²) >= 11 is 0. The molecular weight excluding hydrogens is 432 g/mol. The molecule has 1 aliphatic rings. The van der Waals surface area contributed by atoms with Crippen LogP contribution in [0.1, 0.15) is 11.1 Å². The summed E-state index contributed by atoms with van der Waals surface area (Å²) in [7, 11) is 0. The van der Waals surface area contributed by atoms with Crippen molar-refractivity contribution in [2.45, 2.75) is 19.8 Å². The van der Waals surface area contributed by atoms with Gasteiger partial charge in [0.05, 0.1) is 5.39 Å². The largest absolute Gasteiger partial charge is 0.423 e. The van der Waals surface area contributed by atoms with Gasteiger partial charge in [-0.2, -0.15) is 14.8 Å². The molecule has 5 aromatic rings. The van der Waals surface area contributed by atoms with E-state index in [0.717, 1.165) is 33.5 Å². The van der Waals surface area contributed by atoms with Gasteiger partial charge in [0.25, 0.3) is 6.01 Å². The van der Waals surface area contributed by atoms with Gasteiger partial charge in [0, 0.05) is 23.7 Å². The number of benzene rings is 2. The van der Waals surface area contributed by atoms with Crippen LogP contribution in [-0.4, -0.2) is 37.2 Å². The van der Waals surface area contributed by atoms with Crippen LogP contribution in [0.4, 0.5) is 17.5 Å². The Kier molecular flexibility index (Phi) is 4.23. The van der Waals surface area contributed by atoms with E-state index in [1.54, 1.807) is 0 Å². The van der Waals surface area contributed by atoms with E-state index in [1.807, 2.05) is 44.2 Å². The molecule has 0 unspecified atom stereocenters. The van der Waals surface area contributed by atoms with Crippen LogP contribution < -0.4 is 16.8 Å². The lowest BCUT2D eigenvalue weighted by Crippen LogP contribution is -2.38. The Morgan fingerprint density at radius 1 is 1.03 bits per heavy atom. The van der Waals surface area contributed by atoms with Crippen LogP contribution in [0.2, 0.25) is 0 Å². The summed E-state index contributed by atoms with van der Waals surface area (Å²) < 4.78 is 7.35. The van der Waals surface area contributed by atoms with Crippen molar-refractivity contribution in [3.05, 3.63) is 53.9 Å². The Labute approximate surface area is 193 Å². The van der Waals surface area contributed by atoms with Crippen LogP contribution in [0.15, 0.2) is 57.1 Å². The van der Waals surface area contributed by atoms with Crippen molar-refractivity contribution in [1.29, 1.82) is 0 Å². The molecule has 6 rings (SSSR count). The third kappa shape index (κ3) is 3.10. The highest BCUT2D eigenvalue weighted by molar-refractivity contribution is 6.17. The molecule has 3 aromatic heterocycles. The van der Waals surface area contributed by atoms with Crippen molar-refractivity contribution < 1.29 is 4.42 Å². The molecule has 0 saturated heterocycles. The highest BCUT2D eigenvalue weighted by atomic mass is 16.4. The van der Waals surface area contributed by atoms with Crippen molar-refractivity contribution in [1.82, 2.24) is 24.7 Å². The first kappa shape index (κ1) is 20.0. The van der Waals surface area contributed by atoms with Gasteiger partial charge >= 0.3 is 5.91 Å². The van der Waals surface area contributed by atoms with E-state index >= 15 is 0 Å². The zero-order valence-corrected chi connectivity index (χ0v) is 18.4. The van der Waals surface area contributed by atoms with Gasteiger partial charge in [-0.15, -0.1) is 0 Å². The molecule has 0 spiro atoms. The zero-order valence-electron chi connectivity index (χ0n) is 18.4. The molecule has 0 aliphatic carbocycles. The standard InChI is InChI=1S/C23H20N10O/c1-12-9-13(2)19-16(10-12)31-22(34-19)30-15-5-3-14(4-6-15)18-17-20(24)26-11-27-21(17)33(32-18)23(25)28-7-8-29-23/h3-11H,25H2,1-2H3,(H,30,31)(H2,24,26,27). The first-order chi connectivity index (χ1) is 16.4. The Balaban J connectivity index is 1.37. The highest BCUT2D eigenvalue weighted by Gasteiger charge is 2.32. The van der Waals surface area contributed by atoms with Crippen LogP contribution in [0, 0.1) is 13.8 Å². The molecule has 11 nitrogen and oxygen atoms in total. The molecule has 0 amide bonds. The molecule has 0 bridgehead atoms. The van der Waals surface area contributed by atoms with Gasteiger partial charge < -0.3 is 15.5 Å². The second kappa shape index (κ2) is 7.18. The fourth-order valence-electron chi connectivity index (χ4n) is 4.10.